The van der Waals surface area contributed by atoms with Crippen LogP contribution in [0.4, 0.5) is 0 Å². The van der Waals surface area contributed by atoms with Crippen LogP contribution >= 0.6 is 0 Å². The minimum absolute atomic E-state index is 0.741. The summed E-state index contributed by atoms with van der Waals surface area (Å²) < 4.78 is 0. The van der Waals surface area contributed by atoms with Crippen LogP contribution in [0.1, 0.15) is 34.1 Å². The van der Waals surface area contributed by atoms with Crippen LogP contribution in [0.2, 0.25) is 0 Å². The van der Waals surface area contributed by atoms with Gasteiger partial charge in [0.1, 0.15) is 0 Å². The van der Waals surface area contributed by atoms with Crippen molar-refractivity contribution in [3.8, 4) is 0 Å². The molecule has 0 heterocycles. The van der Waals surface area contributed by atoms with Crippen LogP contribution in [-0.4, -0.2) is 0 Å². The Morgan fingerprint density at radius 2 is 1.78 bits per heavy atom. The van der Waals surface area contributed by atoms with Crippen molar-refractivity contribution in [3.05, 3.63) is 12.2 Å². The predicted octanol–water partition coefficient (Wildman–Crippen LogP) is 3.24. The smallest absolute Gasteiger partial charge is 0.0239 e. The van der Waals surface area contributed by atoms with Gasteiger partial charge in [0, 0.05) is 0 Å². The van der Waals surface area contributed by atoms with E-state index in [1.54, 1.807) is 0 Å². The van der Waals surface area contributed by atoms with Crippen molar-refractivity contribution in [2.45, 2.75) is 34.1 Å². The van der Waals surface area contributed by atoms with Crippen molar-refractivity contribution < 1.29 is 0 Å². The summed E-state index contributed by atoms with van der Waals surface area (Å²) in [6, 6.07) is 0. The standard InChI is InChI=1S/C9H18/c1-5-6-7-9(4)8(2)3/h6-9H,5H2,1-4H3. The van der Waals surface area contributed by atoms with Crippen molar-refractivity contribution in [1.29, 1.82) is 0 Å². The number of rotatable bonds is 3. The SMILES string of the molecule is CCC=CC(C)C(C)C. The first-order chi connectivity index (χ1) is 4.18. The number of hydrogen-bond acceptors (Lipinski definition) is 0. The van der Waals surface area contributed by atoms with E-state index in [1.807, 2.05) is 0 Å². The summed E-state index contributed by atoms with van der Waals surface area (Å²) in [7, 11) is 0. The fourth-order valence-corrected chi connectivity index (χ4v) is 0.573. The third-order valence-electron chi connectivity index (χ3n) is 1.73. The van der Waals surface area contributed by atoms with Gasteiger partial charge >= 0.3 is 0 Å². The summed E-state index contributed by atoms with van der Waals surface area (Å²) in [6.45, 7) is 8.94. The number of allylic oxidation sites excluding steroid dienone is 2. The lowest BCUT2D eigenvalue weighted by Gasteiger charge is -2.08. The lowest BCUT2D eigenvalue weighted by Crippen LogP contribution is -1.98. The zero-order chi connectivity index (χ0) is 7.28. The second kappa shape index (κ2) is 4.60. The van der Waals surface area contributed by atoms with Crippen LogP contribution in [-0.2, 0) is 0 Å². The van der Waals surface area contributed by atoms with E-state index < -0.39 is 0 Å². The molecule has 0 aromatic rings. The molecule has 0 saturated carbocycles. The largest absolute Gasteiger partial charge is 0.0885 e. The molecule has 0 fully saturated rings. The van der Waals surface area contributed by atoms with Crippen LogP contribution in [0.5, 0.6) is 0 Å². The second-order valence-electron chi connectivity index (χ2n) is 2.94. The van der Waals surface area contributed by atoms with Crippen molar-refractivity contribution in [2.24, 2.45) is 11.8 Å². The van der Waals surface area contributed by atoms with E-state index in [-0.39, 0.29) is 0 Å². The normalized spacial score (nSPS) is 15.2. The molecule has 0 amide bonds. The van der Waals surface area contributed by atoms with Crippen molar-refractivity contribution >= 4 is 0 Å². The maximum absolute atomic E-state index is 2.30. The first kappa shape index (κ1) is 8.74. The Hall–Kier alpha value is -0.260. The van der Waals surface area contributed by atoms with Gasteiger partial charge in [-0.25, -0.2) is 0 Å². The molecule has 0 radical (unpaired) electrons. The Balaban J connectivity index is 3.48. The molecule has 0 aromatic heterocycles. The minimum Gasteiger partial charge on any atom is -0.0885 e. The average Bonchev–Trinajstić information content (AvgIpc) is 1.82. The quantitative estimate of drug-likeness (QED) is 0.509. The summed E-state index contributed by atoms with van der Waals surface area (Å²) >= 11 is 0. The molecule has 0 bridgehead atoms. The molecular formula is C9H18. The van der Waals surface area contributed by atoms with Gasteiger partial charge < -0.3 is 0 Å². The van der Waals surface area contributed by atoms with Crippen molar-refractivity contribution in [2.75, 3.05) is 0 Å². The first-order valence-electron chi connectivity index (χ1n) is 3.85. The molecule has 0 saturated heterocycles. The van der Waals surface area contributed by atoms with Gasteiger partial charge in [-0.1, -0.05) is 39.8 Å². The molecule has 0 aliphatic carbocycles. The fourth-order valence-electron chi connectivity index (χ4n) is 0.573. The van der Waals surface area contributed by atoms with E-state index in [0.29, 0.717) is 0 Å². The van der Waals surface area contributed by atoms with Gasteiger partial charge in [0.05, 0.1) is 0 Å². The Morgan fingerprint density at radius 3 is 2.11 bits per heavy atom. The second-order valence-corrected chi connectivity index (χ2v) is 2.94. The molecular weight excluding hydrogens is 108 g/mol. The molecule has 0 aliphatic rings. The maximum Gasteiger partial charge on any atom is -0.0239 e. The number of hydrogen-bond donors (Lipinski definition) is 0. The molecule has 1 unspecified atom stereocenters. The van der Waals surface area contributed by atoms with Gasteiger partial charge in [-0.15, -0.1) is 0 Å². The highest BCUT2D eigenvalue weighted by atomic mass is 14.1. The molecule has 0 aromatic carbocycles. The van der Waals surface area contributed by atoms with Gasteiger partial charge in [-0.3, -0.25) is 0 Å². The molecule has 0 aliphatic heterocycles. The fraction of sp³-hybridized carbons (Fsp3) is 0.778. The molecule has 54 valence electrons. The van der Waals surface area contributed by atoms with E-state index in [4.69, 9.17) is 0 Å². The Labute approximate surface area is 59.0 Å². The summed E-state index contributed by atoms with van der Waals surface area (Å²) in [6.07, 6.45) is 5.70. The molecule has 0 N–H and O–H groups in total. The summed E-state index contributed by atoms with van der Waals surface area (Å²) in [5.74, 6) is 1.53. The molecule has 0 spiro atoms. The molecule has 9 heavy (non-hydrogen) atoms. The highest BCUT2D eigenvalue weighted by Gasteiger charge is 1.99. The van der Waals surface area contributed by atoms with Gasteiger partial charge in [0.15, 0.2) is 0 Å². The maximum atomic E-state index is 2.30. The Kier molecular flexibility index (Phi) is 4.47. The Morgan fingerprint density at radius 1 is 1.22 bits per heavy atom. The average molecular weight is 126 g/mol. The molecule has 0 nitrogen and oxygen atoms in total. The van der Waals surface area contributed by atoms with Gasteiger partial charge in [0.2, 0.25) is 0 Å². The summed E-state index contributed by atoms with van der Waals surface area (Å²) in [5, 5.41) is 0. The van der Waals surface area contributed by atoms with Crippen LogP contribution < -0.4 is 0 Å². The zero-order valence-corrected chi connectivity index (χ0v) is 7.02. The molecule has 0 heteroatoms. The molecule has 0 rings (SSSR count). The van der Waals surface area contributed by atoms with Crippen LogP contribution in [0.25, 0.3) is 0 Å². The third-order valence-corrected chi connectivity index (χ3v) is 1.73. The summed E-state index contributed by atoms with van der Waals surface area (Å²) in [5.41, 5.74) is 0. The van der Waals surface area contributed by atoms with Gasteiger partial charge in [0.25, 0.3) is 0 Å². The van der Waals surface area contributed by atoms with Gasteiger partial charge in [-0.2, -0.15) is 0 Å². The lowest BCUT2D eigenvalue weighted by atomic mass is 9.98. The summed E-state index contributed by atoms with van der Waals surface area (Å²) in [4.78, 5) is 0. The van der Waals surface area contributed by atoms with Crippen LogP contribution in [0.3, 0.4) is 0 Å². The van der Waals surface area contributed by atoms with Crippen LogP contribution in [0.15, 0.2) is 12.2 Å². The zero-order valence-electron chi connectivity index (χ0n) is 7.02. The monoisotopic (exact) mass is 126 g/mol. The first-order valence-corrected chi connectivity index (χ1v) is 3.85. The highest BCUT2D eigenvalue weighted by Crippen LogP contribution is 2.10. The lowest BCUT2D eigenvalue weighted by molar-refractivity contribution is 0.503. The van der Waals surface area contributed by atoms with E-state index in [1.165, 1.54) is 0 Å². The van der Waals surface area contributed by atoms with E-state index in [0.717, 1.165) is 18.3 Å². The van der Waals surface area contributed by atoms with Crippen molar-refractivity contribution in [1.82, 2.24) is 0 Å². The van der Waals surface area contributed by atoms with Gasteiger partial charge in [-0.05, 0) is 18.3 Å². The predicted molar refractivity (Wildman–Crippen MR) is 43.4 cm³/mol. The Bertz CT molecular complexity index is 80.0. The van der Waals surface area contributed by atoms with E-state index in [2.05, 4.69) is 39.8 Å². The highest BCUT2D eigenvalue weighted by molar-refractivity contribution is 4.86. The van der Waals surface area contributed by atoms with E-state index >= 15 is 0 Å². The third kappa shape index (κ3) is 4.26. The minimum atomic E-state index is 0.741. The van der Waals surface area contributed by atoms with Crippen LogP contribution in [0, 0.1) is 11.8 Å². The molecule has 1 atom stereocenters. The van der Waals surface area contributed by atoms with Crippen molar-refractivity contribution in [3.63, 3.8) is 0 Å². The van der Waals surface area contributed by atoms with E-state index in [9.17, 15) is 0 Å². The topological polar surface area (TPSA) is 0 Å².